The summed E-state index contributed by atoms with van der Waals surface area (Å²) in [4.78, 5) is 28.7. The number of nitriles is 1. The van der Waals surface area contributed by atoms with Crippen molar-refractivity contribution in [1.82, 2.24) is 20.4 Å². The van der Waals surface area contributed by atoms with E-state index in [0.717, 1.165) is 51.1 Å². The molecule has 13 heteroatoms. The zero-order chi connectivity index (χ0) is 28.2. The van der Waals surface area contributed by atoms with Crippen molar-refractivity contribution >= 4 is 62.7 Å². The molecule has 0 fully saturated rings. The molecule has 0 saturated heterocycles. The molecule has 0 saturated carbocycles. The van der Waals surface area contributed by atoms with Crippen molar-refractivity contribution in [3.8, 4) is 6.07 Å². The molecule has 10 nitrogen and oxygen atoms in total. The fourth-order valence-electron chi connectivity index (χ4n) is 3.61. The number of thioether (sulfide) groups is 1. The normalized spacial score (nSPS) is 10.9. The van der Waals surface area contributed by atoms with Crippen molar-refractivity contribution in [1.29, 1.82) is 5.26 Å². The Hall–Kier alpha value is -3.99. The van der Waals surface area contributed by atoms with E-state index in [9.17, 15) is 9.59 Å². The molecule has 0 aliphatic rings. The van der Waals surface area contributed by atoms with Crippen LogP contribution < -0.4 is 10.6 Å². The van der Waals surface area contributed by atoms with Gasteiger partial charge < -0.3 is 10.6 Å². The van der Waals surface area contributed by atoms with E-state index in [1.807, 2.05) is 30.3 Å². The SMILES string of the molecule is CN=Cc1cccc(CC(=O)Nc2nnc(CCSCCc3nnc(NC(=O)Cc4cccc(C#N)c4)s3)s2)c1. The third-order valence-corrected chi connectivity index (χ3v) is 8.14. The van der Waals surface area contributed by atoms with Gasteiger partial charge in [-0.25, -0.2) is 0 Å². The predicted molar refractivity (Wildman–Crippen MR) is 160 cm³/mol. The monoisotopic (exact) mass is 590 g/mol. The summed E-state index contributed by atoms with van der Waals surface area (Å²) < 4.78 is 0. The predicted octanol–water partition coefficient (Wildman–Crippen LogP) is 4.19. The van der Waals surface area contributed by atoms with Gasteiger partial charge in [-0.15, -0.1) is 20.4 Å². The Labute approximate surface area is 244 Å². The largest absolute Gasteiger partial charge is 0.300 e. The first-order valence-electron chi connectivity index (χ1n) is 12.3. The van der Waals surface area contributed by atoms with Crippen molar-refractivity contribution in [3.05, 3.63) is 80.8 Å². The lowest BCUT2D eigenvalue weighted by molar-refractivity contribution is -0.116. The van der Waals surface area contributed by atoms with Crippen LogP contribution in [-0.2, 0) is 35.3 Å². The average Bonchev–Trinajstić information content (AvgIpc) is 3.58. The van der Waals surface area contributed by atoms with Crippen molar-refractivity contribution in [3.63, 3.8) is 0 Å². The van der Waals surface area contributed by atoms with Gasteiger partial charge in [-0.2, -0.15) is 17.0 Å². The Balaban J connectivity index is 1.13. The quantitative estimate of drug-likeness (QED) is 0.174. The van der Waals surface area contributed by atoms with Crippen LogP contribution in [0.2, 0.25) is 0 Å². The molecular formula is C27H26N8O2S3. The second-order valence-corrected chi connectivity index (χ2v) is 11.9. The van der Waals surface area contributed by atoms with Crippen LogP contribution in [0.1, 0.15) is 32.3 Å². The molecule has 2 aromatic heterocycles. The molecule has 0 spiro atoms. The van der Waals surface area contributed by atoms with E-state index in [1.165, 1.54) is 22.7 Å². The third kappa shape index (κ3) is 9.33. The standard InChI is InChI=1S/C27H26N8O2S3/c1-29-17-21-7-3-5-19(13-21)15-23(37)31-27-35-33-25(40-27)9-11-38-10-8-24-32-34-26(39-24)30-22(36)14-18-4-2-6-20(12-18)16-28/h2-7,12-13,17H,8-11,14-15H2,1H3,(H,30,34,36)(H,31,35,37). The molecule has 4 aromatic rings. The van der Waals surface area contributed by atoms with E-state index in [4.69, 9.17) is 5.26 Å². The number of aliphatic imine (C=N–C) groups is 1. The molecule has 2 heterocycles. The molecule has 0 aliphatic carbocycles. The van der Waals surface area contributed by atoms with Gasteiger partial charge in [0.15, 0.2) is 0 Å². The van der Waals surface area contributed by atoms with Gasteiger partial charge >= 0.3 is 0 Å². The number of rotatable bonds is 13. The third-order valence-electron chi connectivity index (χ3n) is 5.36. The first kappa shape index (κ1) is 29.0. The summed E-state index contributed by atoms with van der Waals surface area (Å²) in [5, 5.41) is 33.8. The number of hydrogen-bond donors (Lipinski definition) is 2. The smallest absolute Gasteiger partial charge is 0.230 e. The maximum Gasteiger partial charge on any atom is 0.230 e. The van der Waals surface area contributed by atoms with Crippen LogP contribution in [0.3, 0.4) is 0 Å². The number of aryl methyl sites for hydroxylation is 2. The average molecular weight is 591 g/mol. The maximum absolute atomic E-state index is 12.4. The molecular weight excluding hydrogens is 565 g/mol. The van der Waals surface area contributed by atoms with Gasteiger partial charge in [0.25, 0.3) is 0 Å². The summed E-state index contributed by atoms with van der Waals surface area (Å²) in [6, 6.07) is 16.7. The Bertz CT molecular complexity index is 1530. The molecule has 4 rings (SSSR count). The lowest BCUT2D eigenvalue weighted by Gasteiger charge is -2.02. The zero-order valence-electron chi connectivity index (χ0n) is 21.7. The lowest BCUT2D eigenvalue weighted by Crippen LogP contribution is -2.14. The second kappa shape index (κ2) is 15.0. The van der Waals surface area contributed by atoms with E-state index in [2.05, 4.69) is 42.1 Å². The first-order chi connectivity index (χ1) is 19.5. The van der Waals surface area contributed by atoms with Gasteiger partial charge in [-0.1, -0.05) is 53.0 Å². The van der Waals surface area contributed by atoms with E-state index in [0.29, 0.717) is 15.8 Å². The van der Waals surface area contributed by atoms with Crippen LogP contribution in [0.15, 0.2) is 53.5 Å². The first-order valence-corrected chi connectivity index (χ1v) is 15.1. The molecule has 0 aliphatic heterocycles. The van der Waals surface area contributed by atoms with Crippen LogP contribution in [0.5, 0.6) is 0 Å². The van der Waals surface area contributed by atoms with Gasteiger partial charge in [0.2, 0.25) is 22.1 Å². The summed E-state index contributed by atoms with van der Waals surface area (Å²) in [5.74, 6) is 1.38. The summed E-state index contributed by atoms with van der Waals surface area (Å²) in [5.41, 5.74) is 3.16. The summed E-state index contributed by atoms with van der Waals surface area (Å²) in [6.45, 7) is 0. The molecule has 0 atom stereocenters. The highest BCUT2D eigenvalue weighted by Gasteiger charge is 2.11. The number of anilines is 2. The van der Waals surface area contributed by atoms with Crippen molar-refractivity contribution in [2.24, 2.45) is 4.99 Å². The highest BCUT2D eigenvalue weighted by molar-refractivity contribution is 7.99. The van der Waals surface area contributed by atoms with Crippen LogP contribution in [0.4, 0.5) is 10.3 Å². The molecule has 2 N–H and O–H groups in total. The van der Waals surface area contributed by atoms with Gasteiger partial charge in [-0.3, -0.25) is 14.6 Å². The number of nitrogens with zero attached hydrogens (tertiary/aromatic N) is 6. The Morgan fingerprint density at radius 2 is 1.48 bits per heavy atom. The topological polar surface area (TPSA) is 146 Å². The van der Waals surface area contributed by atoms with Gasteiger partial charge in [0, 0.05) is 26.1 Å². The minimum absolute atomic E-state index is 0.136. The van der Waals surface area contributed by atoms with Gasteiger partial charge in [0.05, 0.1) is 24.5 Å². The Kier molecular flexibility index (Phi) is 10.9. The number of carbonyl (C=O) groups excluding carboxylic acids is 2. The highest BCUT2D eigenvalue weighted by atomic mass is 32.2. The minimum atomic E-state index is -0.198. The second-order valence-electron chi connectivity index (χ2n) is 8.51. The van der Waals surface area contributed by atoms with Crippen molar-refractivity contribution < 1.29 is 9.59 Å². The van der Waals surface area contributed by atoms with Crippen LogP contribution in [0, 0.1) is 11.3 Å². The lowest BCUT2D eigenvalue weighted by atomic mass is 10.1. The van der Waals surface area contributed by atoms with Crippen LogP contribution >= 0.6 is 34.4 Å². The van der Waals surface area contributed by atoms with E-state index < -0.39 is 0 Å². The highest BCUT2D eigenvalue weighted by Crippen LogP contribution is 2.20. The number of amides is 2. The number of benzene rings is 2. The Morgan fingerprint density at radius 3 is 2.05 bits per heavy atom. The molecule has 204 valence electrons. The fraction of sp³-hybridized carbons (Fsp3) is 0.259. The summed E-state index contributed by atoms with van der Waals surface area (Å²) in [6.07, 6.45) is 3.67. The molecule has 2 aromatic carbocycles. The van der Waals surface area contributed by atoms with E-state index >= 15 is 0 Å². The maximum atomic E-state index is 12.4. The number of aromatic nitrogens is 4. The van der Waals surface area contributed by atoms with Crippen molar-refractivity contribution in [2.45, 2.75) is 25.7 Å². The van der Waals surface area contributed by atoms with Gasteiger partial charge in [0.1, 0.15) is 10.0 Å². The molecule has 0 radical (unpaired) electrons. The minimum Gasteiger partial charge on any atom is -0.300 e. The van der Waals surface area contributed by atoms with Crippen LogP contribution in [0.25, 0.3) is 0 Å². The molecule has 2 amide bonds. The van der Waals surface area contributed by atoms with Gasteiger partial charge in [-0.05, 0) is 46.4 Å². The zero-order valence-corrected chi connectivity index (χ0v) is 24.1. The summed E-state index contributed by atoms with van der Waals surface area (Å²) in [7, 11) is 1.71. The van der Waals surface area contributed by atoms with Crippen molar-refractivity contribution in [2.75, 3.05) is 29.2 Å². The number of hydrogen-bond acceptors (Lipinski definition) is 11. The molecule has 0 bridgehead atoms. The molecule has 0 unspecified atom stereocenters. The Morgan fingerprint density at radius 1 is 0.900 bits per heavy atom. The van der Waals surface area contributed by atoms with Crippen LogP contribution in [-0.4, -0.2) is 57.0 Å². The number of carbonyl (C=O) groups is 2. The number of nitrogens with one attached hydrogen (secondary N) is 2. The fourth-order valence-corrected chi connectivity index (χ4v) is 6.26. The summed E-state index contributed by atoms with van der Waals surface area (Å²) >= 11 is 4.51. The van der Waals surface area contributed by atoms with E-state index in [-0.39, 0.29) is 24.7 Å². The molecule has 40 heavy (non-hydrogen) atoms. The van der Waals surface area contributed by atoms with E-state index in [1.54, 1.807) is 43.2 Å².